The van der Waals surface area contributed by atoms with Crippen molar-refractivity contribution in [3.63, 3.8) is 0 Å². The minimum absolute atomic E-state index is 0.0794. The van der Waals surface area contributed by atoms with Crippen LogP contribution in [-0.2, 0) is 9.53 Å². The van der Waals surface area contributed by atoms with Crippen LogP contribution in [0.3, 0.4) is 0 Å². The van der Waals surface area contributed by atoms with E-state index in [0.29, 0.717) is 6.04 Å². The molecule has 0 unspecified atom stereocenters. The Kier molecular flexibility index (Phi) is 5.92. The summed E-state index contributed by atoms with van der Waals surface area (Å²) in [4.78, 5) is 13.5. The summed E-state index contributed by atoms with van der Waals surface area (Å²) in [6.07, 6.45) is 4.68. The molecule has 4 nitrogen and oxygen atoms in total. The fourth-order valence-corrected chi connectivity index (χ4v) is 2.10. The Labute approximate surface area is 105 Å². The maximum atomic E-state index is 11.7. The van der Waals surface area contributed by atoms with Crippen molar-refractivity contribution in [2.45, 2.75) is 57.7 Å². The Morgan fingerprint density at radius 3 is 2.41 bits per heavy atom. The van der Waals surface area contributed by atoms with E-state index in [0.717, 1.165) is 25.7 Å². The minimum atomic E-state index is 0.0794. The quantitative estimate of drug-likeness (QED) is 0.792. The molecule has 0 radical (unpaired) electrons. The van der Waals surface area contributed by atoms with Gasteiger partial charge in [-0.25, -0.2) is 0 Å². The molecule has 1 N–H and O–H groups in total. The van der Waals surface area contributed by atoms with Crippen molar-refractivity contribution in [3.05, 3.63) is 0 Å². The van der Waals surface area contributed by atoms with E-state index < -0.39 is 0 Å². The number of nitrogens with zero attached hydrogens (tertiary/aromatic N) is 1. The highest BCUT2D eigenvalue weighted by Crippen LogP contribution is 2.20. The summed E-state index contributed by atoms with van der Waals surface area (Å²) in [5.41, 5.74) is 0. The molecule has 100 valence electrons. The van der Waals surface area contributed by atoms with Gasteiger partial charge in [0.2, 0.25) is 5.91 Å². The van der Waals surface area contributed by atoms with Crippen LogP contribution < -0.4 is 5.32 Å². The molecule has 1 rings (SSSR count). The molecule has 0 atom stereocenters. The van der Waals surface area contributed by atoms with E-state index >= 15 is 0 Å². The number of ether oxygens (including phenoxy) is 1. The van der Waals surface area contributed by atoms with Crippen molar-refractivity contribution in [3.8, 4) is 0 Å². The zero-order valence-corrected chi connectivity index (χ0v) is 11.5. The normalized spacial score (nSPS) is 25.0. The molecule has 0 spiro atoms. The van der Waals surface area contributed by atoms with Crippen LogP contribution in [0.4, 0.5) is 0 Å². The lowest BCUT2D eigenvalue weighted by atomic mass is 9.93. The monoisotopic (exact) mass is 242 g/mol. The van der Waals surface area contributed by atoms with Crippen LogP contribution in [-0.4, -0.2) is 49.7 Å². The number of hydrogen-bond donors (Lipinski definition) is 1. The molecule has 0 aromatic carbocycles. The number of nitrogens with one attached hydrogen (secondary N) is 1. The van der Waals surface area contributed by atoms with E-state index in [9.17, 15) is 4.79 Å². The number of rotatable bonds is 5. The Morgan fingerprint density at radius 1 is 1.35 bits per heavy atom. The molecule has 4 heteroatoms. The molecule has 0 aliphatic heterocycles. The van der Waals surface area contributed by atoms with E-state index in [2.05, 4.69) is 5.32 Å². The highest BCUT2D eigenvalue weighted by molar-refractivity contribution is 5.77. The zero-order chi connectivity index (χ0) is 12.8. The van der Waals surface area contributed by atoms with Crippen LogP contribution in [0.2, 0.25) is 0 Å². The maximum absolute atomic E-state index is 11.7. The fraction of sp³-hybridized carbons (Fsp3) is 0.923. The van der Waals surface area contributed by atoms with Gasteiger partial charge in [0.1, 0.15) is 6.61 Å². The summed E-state index contributed by atoms with van der Waals surface area (Å²) in [5.74, 6) is 0.0794. The molecular formula is C13H26N2O2. The standard InChI is InChI=1S/C13H26N2O2/c1-10(2)15(4)13(16)9-17-12-7-5-11(14-3)6-8-12/h10-12,14H,5-9H2,1-4H3. The second kappa shape index (κ2) is 6.97. The van der Waals surface area contributed by atoms with Gasteiger partial charge in [-0.05, 0) is 46.6 Å². The van der Waals surface area contributed by atoms with E-state index in [1.165, 1.54) is 0 Å². The SMILES string of the molecule is CNC1CCC(OCC(=O)N(C)C(C)C)CC1. The van der Waals surface area contributed by atoms with Gasteiger partial charge in [-0.2, -0.15) is 0 Å². The molecule has 0 bridgehead atoms. The Morgan fingerprint density at radius 2 is 1.94 bits per heavy atom. The first-order valence-corrected chi connectivity index (χ1v) is 6.59. The molecular weight excluding hydrogens is 216 g/mol. The Bertz CT molecular complexity index is 236. The first kappa shape index (κ1) is 14.5. The molecule has 1 aliphatic carbocycles. The molecule has 1 saturated carbocycles. The van der Waals surface area contributed by atoms with Gasteiger partial charge in [-0.1, -0.05) is 0 Å². The highest BCUT2D eigenvalue weighted by Gasteiger charge is 2.22. The topological polar surface area (TPSA) is 41.6 Å². The molecule has 0 aromatic rings. The van der Waals surface area contributed by atoms with E-state index in [4.69, 9.17) is 4.74 Å². The van der Waals surface area contributed by atoms with Gasteiger partial charge in [0.25, 0.3) is 0 Å². The third-order valence-electron chi connectivity index (χ3n) is 3.69. The van der Waals surface area contributed by atoms with Gasteiger partial charge in [0.15, 0.2) is 0 Å². The molecule has 17 heavy (non-hydrogen) atoms. The zero-order valence-electron chi connectivity index (χ0n) is 11.5. The first-order valence-electron chi connectivity index (χ1n) is 6.59. The van der Waals surface area contributed by atoms with E-state index in [1.807, 2.05) is 27.9 Å². The fourth-order valence-electron chi connectivity index (χ4n) is 2.10. The van der Waals surface area contributed by atoms with Crippen molar-refractivity contribution in [2.24, 2.45) is 0 Å². The van der Waals surface area contributed by atoms with Crippen LogP contribution in [0.5, 0.6) is 0 Å². The number of hydrogen-bond acceptors (Lipinski definition) is 3. The average molecular weight is 242 g/mol. The van der Waals surface area contributed by atoms with Crippen LogP contribution in [0.25, 0.3) is 0 Å². The van der Waals surface area contributed by atoms with Crippen molar-refractivity contribution in [1.29, 1.82) is 0 Å². The molecule has 0 saturated heterocycles. The first-order chi connectivity index (χ1) is 8.04. The summed E-state index contributed by atoms with van der Waals surface area (Å²) in [5, 5.41) is 3.29. The number of amides is 1. The predicted octanol–water partition coefficient (Wildman–Crippen LogP) is 1.40. The van der Waals surface area contributed by atoms with Crippen LogP contribution in [0.15, 0.2) is 0 Å². The summed E-state index contributed by atoms with van der Waals surface area (Å²) >= 11 is 0. The van der Waals surface area contributed by atoms with Gasteiger partial charge in [0, 0.05) is 19.1 Å². The van der Waals surface area contributed by atoms with Crippen LogP contribution in [0, 0.1) is 0 Å². The van der Waals surface area contributed by atoms with Crippen molar-refractivity contribution in [1.82, 2.24) is 10.2 Å². The third kappa shape index (κ3) is 4.64. The van der Waals surface area contributed by atoms with Crippen LogP contribution >= 0.6 is 0 Å². The van der Waals surface area contributed by atoms with E-state index in [1.54, 1.807) is 4.90 Å². The number of carbonyl (C=O) groups excluding carboxylic acids is 1. The van der Waals surface area contributed by atoms with Gasteiger partial charge in [-0.3, -0.25) is 4.79 Å². The molecule has 1 fully saturated rings. The van der Waals surface area contributed by atoms with Crippen LogP contribution in [0.1, 0.15) is 39.5 Å². The van der Waals surface area contributed by atoms with Gasteiger partial charge >= 0.3 is 0 Å². The van der Waals surface area contributed by atoms with Gasteiger partial charge in [-0.15, -0.1) is 0 Å². The highest BCUT2D eigenvalue weighted by atomic mass is 16.5. The van der Waals surface area contributed by atoms with Crippen molar-refractivity contribution < 1.29 is 9.53 Å². The van der Waals surface area contributed by atoms with Crippen molar-refractivity contribution in [2.75, 3.05) is 20.7 Å². The predicted molar refractivity (Wildman–Crippen MR) is 69.0 cm³/mol. The molecule has 0 aromatic heterocycles. The lowest BCUT2D eigenvalue weighted by molar-refractivity contribution is -0.139. The van der Waals surface area contributed by atoms with Gasteiger partial charge in [0.05, 0.1) is 6.10 Å². The second-order valence-electron chi connectivity index (χ2n) is 5.17. The minimum Gasteiger partial charge on any atom is -0.368 e. The van der Waals surface area contributed by atoms with Gasteiger partial charge < -0.3 is 15.0 Å². The largest absolute Gasteiger partial charge is 0.368 e. The summed E-state index contributed by atoms with van der Waals surface area (Å²) in [6.45, 7) is 4.25. The molecule has 1 aliphatic rings. The Hall–Kier alpha value is -0.610. The number of carbonyl (C=O) groups is 1. The smallest absolute Gasteiger partial charge is 0.248 e. The summed E-state index contributed by atoms with van der Waals surface area (Å²) in [6, 6.07) is 0.870. The lowest BCUT2D eigenvalue weighted by Gasteiger charge is -2.29. The third-order valence-corrected chi connectivity index (χ3v) is 3.69. The maximum Gasteiger partial charge on any atom is 0.248 e. The average Bonchev–Trinajstić information content (AvgIpc) is 2.35. The summed E-state index contributed by atoms with van der Waals surface area (Å²) in [7, 11) is 3.83. The Balaban J connectivity index is 2.21. The van der Waals surface area contributed by atoms with Crippen molar-refractivity contribution >= 4 is 5.91 Å². The summed E-state index contributed by atoms with van der Waals surface area (Å²) < 4.78 is 5.69. The van der Waals surface area contributed by atoms with E-state index in [-0.39, 0.29) is 24.7 Å². The molecule has 1 amide bonds. The second-order valence-corrected chi connectivity index (χ2v) is 5.17. The number of likely N-dealkylation sites (N-methyl/N-ethyl adjacent to an activating group) is 1. The molecule has 0 heterocycles. The lowest BCUT2D eigenvalue weighted by Crippen LogP contribution is -2.38.